The minimum atomic E-state index is -0.0241. The first kappa shape index (κ1) is 11.7. The van der Waals surface area contributed by atoms with Crippen LogP contribution in [0, 0.1) is 5.92 Å². The highest BCUT2D eigenvalue weighted by Gasteiger charge is 2.11. The van der Waals surface area contributed by atoms with E-state index in [9.17, 15) is 5.11 Å². The molecule has 0 amide bonds. The molecule has 0 radical (unpaired) electrons. The average Bonchev–Trinajstić information content (AvgIpc) is 2.19. The minimum absolute atomic E-state index is 0.0241. The average molecular weight is 210 g/mol. The van der Waals surface area contributed by atoms with Crippen molar-refractivity contribution in [3.05, 3.63) is 12.4 Å². The van der Waals surface area contributed by atoms with E-state index >= 15 is 0 Å². The van der Waals surface area contributed by atoms with E-state index in [4.69, 9.17) is 5.73 Å². The second-order valence-corrected chi connectivity index (χ2v) is 3.94. The number of nitrogen functional groups attached to an aromatic ring is 1. The van der Waals surface area contributed by atoms with Gasteiger partial charge in [0.2, 0.25) is 0 Å². The van der Waals surface area contributed by atoms with Gasteiger partial charge in [-0.3, -0.25) is 0 Å². The van der Waals surface area contributed by atoms with Gasteiger partial charge < -0.3 is 16.2 Å². The fraction of sp³-hybridized carbons (Fsp3) is 0.600. The summed E-state index contributed by atoms with van der Waals surface area (Å²) < 4.78 is 0. The molecule has 0 fully saturated rings. The minimum Gasteiger partial charge on any atom is -0.394 e. The smallest absolute Gasteiger partial charge is 0.169 e. The summed E-state index contributed by atoms with van der Waals surface area (Å²) in [7, 11) is 0. The second kappa shape index (κ2) is 5.50. The Kier molecular flexibility index (Phi) is 4.30. The van der Waals surface area contributed by atoms with Crippen LogP contribution in [0.25, 0.3) is 0 Å². The summed E-state index contributed by atoms with van der Waals surface area (Å²) >= 11 is 0. The Labute approximate surface area is 89.7 Å². The molecule has 15 heavy (non-hydrogen) atoms. The zero-order valence-electron chi connectivity index (χ0n) is 9.14. The lowest BCUT2D eigenvalue weighted by molar-refractivity contribution is 0.259. The number of hydrogen-bond acceptors (Lipinski definition) is 5. The molecule has 0 saturated carbocycles. The van der Waals surface area contributed by atoms with Crippen LogP contribution in [0.15, 0.2) is 12.4 Å². The SMILES string of the molecule is CC(C)CC(CO)Nc1nccnc1N. The van der Waals surface area contributed by atoms with Gasteiger partial charge in [-0.1, -0.05) is 13.8 Å². The molecule has 5 heteroatoms. The summed E-state index contributed by atoms with van der Waals surface area (Å²) in [5.41, 5.74) is 5.64. The highest BCUT2D eigenvalue weighted by molar-refractivity contribution is 5.55. The van der Waals surface area contributed by atoms with E-state index in [0.29, 0.717) is 17.6 Å². The largest absolute Gasteiger partial charge is 0.394 e. The maximum atomic E-state index is 9.18. The molecule has 0 aromatic carbocycles. The number of hydrogen-bond donors (Lipinski definition) is 3. The van der Waals surface area contributed by atoms with E-state index in [0.717, 1.165) is 6.42 Å². The van der Waals surface area contributed by atoms with E-state index < -0.39 is 0 Å². The summed E-state index contributed by atoms with van der Waals surface area (Å²) in [6, 6.07) is -0.0241. The van der Waals surface area contributed by atoms with Crippen LogP contribution in [-0.2, 0) is 0 Å². The normalized spacial score (nSPS) is 12.8. The van der Waals surface area contributed by atoms with Gasteiger partial charge in [0.1, 0.15) is 0 Å². The van der Waals surface area contributed by atoms with Crippen molar-refractivity contribution >= 4 is 11.6 Å². The van der Waals surface area contributed by atoms with Gasteiger partial charge in [0.25, 0.3) is 0 Å². The molecule has 0 aliphatic carbocycles. The van der Waals surface area contributed by atoms with Crippen LogP contribution in [-0.4, -0.2) is 27.7 Å². The molecule has 0 bridgehead atoms. The Morgan fingerprint density at radius 2 is 2.07 bits per heavy atom. The Bertz CT molecular complexity index is 303. The molecule has 0 aliphatic heterocycles. The Morgan fingerprint density at radius 1 is 1.40 bits per heavy atom. The van der Waals surface area contributed by atoms with Crippen molar-refractivity contribution in [2.75, 3.05) is 17.7 Å². The third kappa shape index (κ3) is 3.71. The number of aromatic nitrogens is 2. The Hall–Kier alpha value is -1.36. The Morgan fingerprint density at radius 3 is 2.60 bits per heavy atom. The Balaban J connectivity index is 2.62. The van der Waals surface area contributed by atoms with Crippen LogP contribution >= 0.6 is 0 Å². The van der Waals surface area contributed by atoms with Gasteiger partial charge >= 0.3 is 0 Å². The molecule has 0 spiro atoms. The molecule has 1 heterocycles. The molecule has 4 N–H and O–H groups in total. The van der Waals surface area contributed by atoms with Crippen LogP contribution in [0.3, 0.4) is 0 Å². The lowest BCUT2D eigenvalue weighted by atomic mass is 10.0. The summed E-state index contributed by atoms with van der Waals surface area (Å²) in [5.74, 6) is 1.41. The summed E-state index contributed by atoms with van der Waals surface area (Å²) in [4.78, 5) is 7.98. The first-order chi connectivity index (χ1) is 7.13. The molecule has 1 aromatic rings. The number of nitrogens with zero attached hydrogens (tertiary/aromatic N) is 2. The van der Waals surface area contributed by atoms with Gasteiger partial charge in [-0.25, -0.2) is 9.97 Å². The monoisotopic (exact) mass is 210 g/mol. The van der Waals surface area contributed by atoms with Gasteiger partial charge in [0, 0.05) is 12.4 Å². The molecule has 0 aliphatic rings. The number of aliphatic hydroxyl groups is 1. The van der Waals surface area contributed by atoms with Crippen LogP contribution < -0.4 is 11.1 Å². The number of anilines is 2. The number of aliphatic hydroxyl groups excluding tert-OH is 1. The van der Waals surface area contributed by atoms with Crippen molar-refractivity contribution in [1.82, 2.24) is 9.97 Å². The van der Waals surface area contributed by atoms with Crippen LogP contribution in [0.2, 0.25) is 0 Å². The number of rotatable bonds is 5. The van der Waals surface area contributed by atoms with Crippen LogP contribution in [0.5, 0.6) is 0 Å². The van der Waals surface area contributed by atoms with E-state index in [1.54, 1.807) is 6.20 Å². The summed E-state index contributed by atoms with van der Waals surface area (Å²) in [6.45, 7) is 4.27. The van der Waals surface area contributed by atoms with Crippen molar-refractivity contribution in [3.63, 3.8) is 0 Å². The van der Waals surface area contributed by atoms with Gasteiger partial charge in [-0.05, 0) is 12.3 Å². The quantitative estimate of drug-likeness (QED) is 0.671. The molecular formula is C10H18N4O. The van der Waals surface area contributed by atoms with Gasteiger partial charge in [0.15, 0.2) is 11.6 Å². The second-order valence-electron chi connectivity index (χ2n) is 3.94. The third-order valence-electron chi connectivity index (χ3n) is 2.04. The van der Waals surface area contributed by atoms with Gasteiger partial charge in [-0.15, -0.1) is 0 Å². The fourth-order valence-corrected chi connectivity index (χ4v) is 1.40. The lowest BCUT2D eigenvalue weighted by Gasteiger charge is -2.19. The van der Waals surface area contributed by atoms with Gasteiger partial charge in [0.05, 0.1) is 12.6 Å². The molecule has 1 rings (SSSR count). The third-order valence-corrected chi connectivity index (χ3v) is 2.04. The molecule has 84 valence electrons. The van der Waals surface area contributed by atoms with E-state index in [2.05, 4.69) is 29.1 Å². The van der Waals surface area contributed by atoms with Crippen molar-refractivity contribution in [1.29, 1.82) is 0 Å². The van der Waals surface area contributed by atoms with Crippen LogP contribution in [0.1, 0.15) is 20.3 Å². The molecule has 0 saturated heterocycles. The maximum Gasteiger partial charge on any atom is 0.169 e. The zero-order valence-corrected chi connectivity index (χ0v) is 9.14. The van der Waals surface area contributed by atoms with Gasteiger partial charge in [-0.2, -0.15) is 0 Å². The summed E-state index contributed by atoms with van der Waals surface area (Å²) in [5, 5.41) is 12.3. The summed E-state index contributed by atoms with van der Waals surface area (Å²) in [6.07, 6.45) is 3.98. The van der Waals surface area contributed by atoms with Crippen molar-refractivity contribution in [2.24, 2.45) is 5.92 Å². The number of nitrogens with one attached hydrogen (secondary N) is 1. The van der Waals surface area contributed by atoms with E-state index in [1.165, 1.54) is 6.20 Å². The first-order valence-corrected chi connectivity index (χ1v) is 5.07. The van der Waals surface area contributed by atoms with E-state index in [-0.39, 0.29) is 12.6 Å². The fourth-order valence-electron chi connectivity index (χ4n) is 1.40. The number of nitrogens with two attached hydrogens (primary N) is 1. The van der Waals surface area contributed by atoms with Crippen LogP contribution in [0.4, 0.5) is 11.6 Å². The molecule has 1 aromatic heterocycles. The zero-order chi connectivity index (χ0) is 11.3. The molecule has 1 atom stereocenters. The molecule has 1 unspecified atom stereocenters. The topological polar surface area (TPSA) is 84.1 Å². The van der Waals surface area contributed by atoms with Crippen molar-refractivity contribution in [3.8, 4) is 0 Å². The first-order valence-electron chi connectivity index (χ1n) is 5.07. The highest BCUT2D eigenvalue weighted by Crippen LogP contribution is 2.14. The standard InChI is InChI=1S/C10H18N4O/c1-7(2)5-8(6-15)14-10-9(11)12-3-4-13-10/h3-4,7-8,15H,5-6H2,1-2H3,(H2,11,12)(H,13,14). The lowest BCUT2D eigenvalue weighted by Crippen LogP contribution is -2.26. The predicted molar refractivity (Wildman–Crippen MR) is 60.4 cm³/mol. The van der Waals surface area contributed by atoms with Crippen molar-refractivity contribution < 1.29 is 5.11 Å². The predicted octanol–water partition coefficient (Wildman–Crippen LogP) is 0.878. The highest BCUT2D eigenvalue weighted by atomic mass is 16.3. The maximum absolute atomic E-state index is 9.18. The van der Waals surface area contributed by atoms with Crippen molar-refractivity contribution in [2.45, 2.75) is 26.3 Å². The van der Waals surface area contributed by atoms with E-state index in [1.807, 2.05) is 0 Å². The molecule has 5 nitrogen and oxygen atoms in total. The molecular weight excluding hydrogens is 192 g/mol.